The number of rotatable bonds is 7. The Bertz CT molecular complexity index is 715. The van der Waals surface area contributed by atoms with E-state index in [1.54, 1.807) is 12.7 Å². The molecule has 1 aromatic carbocycles. The maximum atomic E-state index is 6.34. The lowest BCUT2D eigenvalue weighted by Gasteiger charge is -2.38. The zero-order valence-corrected chi connectivity index (χ0v) is 19.4. The van der Waals surface area contributed by atoms with Crippen LogP contribution in [0.3, 0.4) is 0 Å². The molecule has 0 radical (unpaired) electrons. The molecular formula is C19H29ClIN7. The van der Waals surface area contributed by atoms with Crippen molar-refractivity contribution in [1.29, 1.82) is 0 Å². The van der Waals surface area contributed by atoms with Gasteiger partial charge in [0.2, 0.25) is 0 Å². The molecule has 0 bridgehead atoms. The van der Waals surface area contributed by atoms with Crippen molar-refractivity contribution in [2.75, 3.05) is 44.2 Å². The fourth-order valence-electron chi connectivity index (χ4n) is 3.22. The zero-order valence-electron chi connectivity index (χ0n) is 16.3. The molecule has 154 valence electrons. The Balaban J connectivity index is 0.00000280. The third-order valence-electron chi connectivity index (χ3n) is 4.66. The molecule has 1 saturated heterocycles. The van der Waals surface area contributed by atoms with Gasteiger partial charge in [-0.05, 0) is 31.9 Å². The summed E-state index contributed by atoms with van der Waals surface area (Å²) in [4.78, 5) is 9.51. The van der Waals surface area contributed by atoms with Crippen LogP contribution < -0.4 is 10.2 Å². The number of benzene rings is 1. The number of aryl methyl sites for hydroxylation is 1. The fourth-order valence-corrected chi connectivity index (χ4v) is 3.48. The summed E-state index contributed by atoms with van der Waals surface area (Å²) in [7, 11) is 0. The molecule has 0 spiro atoms. The van der Waals surface area contributed by atoms with Crippen molar-refractivity contribution in [2.24, 2.45) is 4.99 Å². The molecule has 1 aliphatic rings. The lowest BCUT2D eigenvalue weighted by molar-refractivity contribution is 0.372. The smallest absolute Gasteiger partial charge is 0.194 e. The molecule has 0 atom stereocenters. The van der Waals surface area contributed by atoms with E-state index in [4.69, 9.17) is 16.6 Å². The summed E-state index contributed by atoms with van der Waals surface area (Å²) in [6.07, 6.45) is 5.63. The van der Waals surface area contributed by atoms with Crippen molar-refractivity contribution in [3.63, 3.8) is 0 Å². The molecule has 0 saturated carbocycles. The van der Waals surface area contributed by atoms with Crippen molar-refractivity contribution in [3.8, 4) is 0 Å². The van der Waals surface area contributed by atoms with Crippen LogP contribution in [0.5, 0.6) is 0 Å². The van der Waals surface area contributed by atoms with E-state index in [9.17, 15) is 0 Å². The minimum absolute atomic E-state index is 0. The second-order valence-electron chi connectivity index (χ2n) is 6.57. The van der Waals surface area contributed by atoms with Crippen molar-refractivity contribution in [1.82, 2.24) is 25.0 Å². The van der Waals surface area contributed by atoms with Crippen LogP contribution in [0.1, 0.15) is 19.8 Å². The molecule has 9 heteroatoms. The zero-order chi connectivity index (χ0) is 18.9. The molecule has 28 heavy (non-hydrogen) atoms. The highest BCUT2D eigenvalue weighted by Gasteiger charge is 2.20. The third kappa shape index (κ3) is 6.51. The van der Waals surface area contributed by atoms with Crippen LogP contribution in [0, 0.1) is 0 Å². The lowest BCUT2D eigenvalue weighted by Crippen LogP contribution is -2.52. The topological polar surface area (TPSA) is 61.6 Å². The summed E-state index contributed by atoms with van der Waals surface area (Å²) in [5, 5.41) is 11.9. The Morgan fingerprint density at radius 2 is 1.82 bits per heavy atom. The number of nitrogens with one attached hydrogen (secondary N) is 1. The minimum atomic E-state index is 0. The number of hydrogen-bond acceptors (Lipinski definition) is 4. The SMILES string of the molecule is CCNC(=NCCCCn1cnnc1)N1CCN(c2ccccc2Cl)CC1.I. The number of aromatic nitrogens is 3. The molecule has 2 aromatic rings. The minimum Gasteiger partial charge on any atom is -0.367 e. The van der Waals surface area contributed by atoms with E-state index in [0.29, 0.717) is 0 Å². The van der Waals surface area contributed by atoms with Crippen molar-refractivity contribution in [3.05, 3.63) is 41.9 Å². The van der Waals surface area contributed by atoms with E-state index in [1.165, 1.54) is 0 Å². The van der Waals surface area contributed by atoms with Gasteiger partial charge in [0.15, 0.2) is 5.96 Å². The van der Waals surface area contributed by atoms with Gasteiger partial charge in [-0.15, -0.1) is 34.2 Å². The van der Waals surface area contributed by atoms with Crippen LogP contribution in [0.15, 0.2) is 41.9 Å². The predicted octanol–water partition coefficient (Wildman–Crippen LogP) is 3.12. The summed E-state index contributed by atoms with van der Waals surface area (Å²) in [6, 6.07) is 8.06. The highest BCUT2D eigenvalue weighted by molar-refractivity contribution is 14.0. The first-order chi connectivity index (χ1) is 13.3. The highest BCUT2D eigenvalue weighted by atomic mass is 127. The summed E-state index contributed by atoms with van der Waals surface area (Å²) in [5.74, 6) is 1.01. The van der Waals surface area contributed by atoms with Crippen LogP contribution in [0.25, 0.3) is 0 Å². The Morgan fingerprint density at radius 3 is 2.50 bits per heavy atom. The highest BCUT2D eigenvalue weighted by Crippen LogP contribution is 2.25. The number of hydrogen-bond donors (Lipinski definition) is 1. The number of piperazine rings is 1. The van der Waals surface area contributed by atoms with Crippen molar-refractivity contribution >= 4 is 47.2 Å². The molecule has 3 rings (SSSR count). The summed E-state index contributed by atoms with van der Waals surface area (Å²) in [5.41, 5.74) is 1.12. The molecule has 0 aliphatic carbocycles. The van der Waals surface area contributed by atoms with E-state index in [1.807, 2.05) is 22.8 Å². The van der Waals surface area contributed by atoms with Gasteiger partial charge in [0.25, 0.3) is 0 Å². The monoisotopic (exact) mass is 517 g/mol. The fraction of sp³-hybridized carbons (Fsp3) is 0.526. The van der Waals surface area contributed by atoms with E-state index in [2.05, 4.69) is 38.3 Å². The molecule has 1 N–H and O–H groups in total. The standard InChI is InChI=1S/C19H28ClN7.HI/c1-2-21-19(22-9-5-6-10-25-15-23-24-16-25)27-13-11-26(12-14-27)18-8-4-3-7-17(18)20;/h3-4,7-8,15-16H,2,5-6,9-14H2,1H3,(H,21,22);1H. The van der Waals surface area contributed by atoms with Gasteiger partial charge in [-0.1, -0.05) is 23.7 Å². The van der Waals surface area contributed by atoms with E-state index in [0.717, 1.165) is 75.3 Å². The Kier molecular flexibility index (Phi) is 9.83. The number of nitrogens with zero attached hydrogens (tertiary/aromatic N) is 6. The number of aliphatic imine (C=N–C) groups is 1. The molecule has 1 aliphatic heterocycles. The maximum absolute atomic E-state index is 6.34. The second kappa shape index (κ2) is 12.1. The largest absolute Gasteiger partial charge is 0.367 e. The van der Waals surface area contributed by atoms with Gasteiger partial charge in [0, 0.05) is 45.8 Å². The van der Waals surface area contributed by atoms with Crippen LogP contribution >= 0.6 is 35.6 Å². The van der Waals surface area contributed by atoms with Gasteiger partial charge < -0.3 is 19.7 Å². The Labute approximate surface area is 189 Å². The number of para-hydroxylation sites is 1. The van der Waals surface area contributed by atoms with Crippen molar-refractivity contribution < 1.29 is 0 Å². The van der Waals surface area contributed by atoms with Gasteiger partial charge in [-0.25, -0.2) is 0 Å². The summed E-state index contributed by atoms with van der Waals surface area (Å²) >= 11 is 6.34. The molecule has 0 unspecified atom stereocenters. The summed E-state index contributed by atoms with van der Waals surface area (Å²) in [6.45, 7) is 8.54. The third-order valence-corrected chi connectivity index (χ3v) is 4.98. The number of unbranched alkanes of at least 4 members (excludes halogenated alkanes) is 1. The normalized spacial score (nSPS) is 14.7. The molecular weight excluding hydrogens is 489 g/mol. The van der Waals surface area contributed by atoms with Crippen LogP contribution in [0.4, 0.5) is 5.69 Å². The quantitative estimate of drug-likeness (QED) is 0.265. The molecule has 7 nitrogen and oxygen atoms in total. The molecule has 1 aromatic heterocycles. The maximum Gasteiger partial charge on any atom is 0.194 e. The predicted molar refractivity (Wildman–Crippen MR) is 126 cm³/mol. The van der Waals surface area contributed by atoms with Gasteiger partial charge >= 0.3 is 0 Å². The average Bonchev–Trinajstić information content (AvgIpc) is 3.21. The first-order valence-corrected chi connectivity index (χ1v) is 10.0. The number of anilines is 1. The Hall–Kier alpha value is -1.55. The first-order valence-electron chi connectivity index (χ1n) is 9.63. The van der Waals surface area contributed by atoms with Gasteiger partial charge in [0.1, 0.15) is 12.7 Å². The van der Waals surface area contributed by atoms with E-state index >= 15 is 0 Å². The molecule has 2 heterocycles. The molecule has 0 amide bonds. The van der Waals surface area contributed by atoms with E-state index < -0.39 is 0 Å². The lowest BCUT2D eigenvalue weighted by atomic mass is 10.2. The van der Waals surface area contributed by atoms with Crippen LogP contribution in [-0.4, -0.2) is 64.9 Å². The second-order valence-corrected chi connectivity index (χ2v) is 6.98. The van der Waals surface area contributed by atoms with Gasteiger partial charge in [-0.3, -0.25) is 4.99 Å². The Morgan fingerprint density at radius 1 is 1.11 bits per heavy atom. The first kappa shape index (κ1) is 22.7. The summed E-state index contributed by atoms with van der Waals surface area (Å²) < 4.78 is 2.00. The van der Waals surface area contributed by atoms with Crippen LogP contribution in [-0.2, 0) is 6.54 Å². The average molecular weight is 518 g/mol. The van der Waals surface area contributed by atoms with Crippen molar-refractivity contribution in [2.45, 2.75) is 26.3 Å². The van der Waals surface area contributed by atoms with Gasteiger partial charge in [-0.2, -0.15) is 0 Å². The number of guanidine groups is 1. The number of halogens is 2. The van der Waals surface area contributed by atoms with E-state index in [-0.39, 0.29) is 24.0 Å². The van der Waals surface area contributed by atoms with Gasteiger partial charge in [0.05, 0.1) is 10.7 Å². The van der Waals surface area contributed by atoms with Crippen LogP contribution in [0.2, 0.25) is 5.02 Å². The molecule has 1 fully saturated rings.